The van der Waals surface area contributed by atoms with Crippen LogP contribution >= 0.6 is 0 Å². The molecule has 1 unspecified atom stereocenters. The summed E-state index contributed by atoms with van der Waals surface area (Å²) in [6.45, 7) is 0. The molecule has 1 atom stereocenters. The number of hydrogen-bond donors (Lipinski definition) is 2. The smallest absolute Gasteiger partial charge is 0.118 e. The van der Waals surface area contributed by atoms with Gasteiger partial charge in [-0.05, 0) is 36.1 Å². The lowest BCUT2D eigenvalue weighted by atomic mass is 9.99. The van der Waals surface area contributed by atoms with Crippen LogP contribution in [-0.4, -0.2) is 7.11 Å². The highest BCUT2D eigenvalue weighted by atomic mass is 16.5. The van der Waals surface area contributed by atoms with Crippen LogP contribution in [0.4, 0.5) is 0 Å². The molecule has 0 aliphatic carbocycles. The molecule has 2 aromatic rings. The first kappa shape index (κ1) is 13.6. The number of nitrogens with two attached hydrogens (primary N) is 1. The molecule has 3 N–H and O–H groups in total. The van der Waals surface area contributed by atoms with Crippen LogP contribution in [0.1, 0.15) is 23.6 Å². The predicted molar refractivity (Wildman–Crippen MR) is 77.8 cm³/mol. The SMILES string of the molecule is COc1ccc(CCC(NN)c2ccccc2)cc1. The molecule has 100 valence electrons. The lowest BCUT2D eigenvalue weighted by molar-refractivity contribution is 0.414. The summed E-state index contributed by atoms with van der Waals surface area (Å²) in [7, 11) is 1.68. The number of benzene rings is 2. The van der Waals surface area contributed by atoms with Crippen molar-refractivity contribution < 1.29 is 4.74 Å². The van der Waals surface area contributed by atoms with E-state index in [2.05, 4.69) is 29.7 Å². The molecule has 2 rings (SSSR count). The minimum Gasteiger partial charge on any atom is -0.497 e. The predicted octanol–water partition coefficient (Wildman–Crippen LogP) is 2.83. The fourth-order valence-corrected chi connectivity index (χ4v) is 2.13. The Labute approximate surface area is 114 Å². The second kappa shape index (κ2) is 6.92. The number of hydrazine groups is 1. The lowest BCUT2D eigenvalue weighted by Gasteiger charge is -2.16. The Bertz CT molecular complexity index is 482. The fourth-order valence-electron chi connectivity index (χ4n) is 2.13. The van der Waals surface area contributed by atoms with Crippen molar-refractivity contribution >= 4 is 0 Å². The Morgan fingerprint density at radius 3 is 2.32 bits per heavy atom. The van der Waals surface area contributed by atoms with Gasteiger partial charge in [0.05, 0.1) is 7.11 Å². The van der Waals surface area contributed by atoms with Gasteiger partial charge in [0.2, 0.25) is 0 Å². The van der Waals surface area contributed by atoms with Gasteiger partial charge in [0, 0.05) is 6.04 Å². The van der Waals surface area contributed by atoms with Crippen molar-refractivity contribution in [3.8, 4) is 5.75 Å². The van der Waals surface area contributed by atoms with E-state index in [1.165, 1.54) is 11.1 Å². The van der Waals surface area contributed by atoms with Crippen molar-refractivity contribution in [1.82, 2.24) is 5.43 Å². The van der Waals surface area contributed by atoms with Gasteiger partial charge in [0.15, 0.2) is 0 Å². The second-order valence-electron chi connectivity index (χ2n) is 4.52. The maximum absolute atomic E-state index is 5.64. The van der Waals surface area contributed by atoms with Crippen LogP contribution in [0.15, 0.2) is 54.6 Å². The molecule has 3 nitrogen and oxygen atoms in total. The van der Waals surface area contributed by atoms with E-state index in [0.29, 0.717) is 0 Å². The molecule has 0 amide bonds. The highest BCUT2D eigenvalue weighted by Gasteiger charge is 2.08. The van der Waals surface area contributed by atoms with E-state index in [9.17, 15) is 0 Å². The summed E-state index contributed by atoms with van der Waals surface area (Å²) in [5.41, 5.74) is 5.40. The third-order valence-corrected chi connectivity index (χ3v) is 3.28. The Morgan fingerprint density at radius 2 is 1.74 bits per heavy atom. The van der Waals surface area contributed by atoms with E-state index in [4.69, 9.17) is 10.6 Å². The number of hydrogen-bond acceptors (Lipinski definition) is 3. The van der Waals surface area contributed by atoms with Crippen molar-refractivity contribution in [1.29, 1.82) is 0 Å². The minimum absolute atomic E-state index is 0.184. The molecule has 0 fully saturated rings. The van der Waals surface area contributed by atoms with Gasteiger partial charge in [-0.1, -0.05) is 42.5 Å². The number of nitrogens with one attached hydrogen (secondary N) is 1. The molecule has 0 aromatic heterocycles. The van der Waals surface area contributed by atoms with Gasteiger partial charge in [0.1, 0.15) is 5.75 Å². The van der Waals surface area contributed by atoms with Gasteiger partial charge >= 0.3 is 0 Å². The maximum atomic E-state index is 5.64. The quantitative estimate of drug-likeness (QED) is 0.617. The fraction of sp³-hybridized carbons (Fsp3) is 0.250. The average molecular weight is 256 g/mol. The molecule has 3 heteroatoms. The van der Waals surface area contributed by atoms with Crippen LogP contribution in [0.5, 0.6) is 5.75 Å². The summed E-state index contributed by atoms with van der Waals surface area (Å²) in [6, 6.07) is 18.6. The first-order valence-corrected chi connectivity index (χ1v) is 6.47. The van der Waals surface area contributed by atoms with Crippen LogP contribution in [0.2, 0.25) is 0 Å². The zero-order chi connectivity index (χ0) is 13.5. The van der Waals surface area contributed by atoms with Gasteiger partial charge in [-0.2, -0.15) is 0 Å². The summed E-state index contributed by atoms with van der Waals surface area (Å²) < 4.78 is 5.15. The van der Waals surface area contributed by atoms with E-state index < -0.39 is 0 Å². The highest BCUT2D eigenvalue weighted by Crippen LogP contribution is 2.19. The van der Waals surface area contributed by atoms with Crippen LogP contribution in [0, 0.1) is 0 Å². The van der Waals surface area contributed by atoms with Crippen LogP contribution in [-0.2, 0) is 6.42 Å². The maximum Gasteiger partial charge on any atom is 0.118 e. The van der Waals surface area contributed by atoms with Gasteiger partial charge in [-0.15, -0.1) is 0 Å². The Hall–Kier alpha value is -1.84. The third-order valence-electron chi connectivity index (χ3n) is 3.28. The monoisotopic (exact) mass is 256 g/mol. The molecule has 0 saturated carbocycles. The Balaban J connectivity index is 1.96. The van der Waals surface area contributed by atoms with E-state index in [1.807, 2.05) is 30.3 Å². The van der Waals surface area contributed by atoms with Gasteiger partial charge in [-0.25, -0.2) is 0 Å². The van der Waals surface area contributed by atoms with E-state index >= 15 is 0 Å². The first-order valence-electron chi connectivity index (χ1n) is 6.47. The van der Waals surface area contributed by atoms with Crippen LogP contribution in [0.25, 0.3) is 0 Å². The van der Waals surface area contributed by atoms with Gasteiger partial charge < -0.3 is 4.74 Å². The largest absolute Gasteiger partial charge is 0.497 e. The number of aryl methyl sites for hydroxylation is 1. The molecule has 0 aliphatic rings. The lowest BCUT2D eigenvalue weighted by Crippen LogP contribution is -2.28. The molecule has 0 aliphatic heterocycles. The van der Waals surface area contributed by atoms with Crippen LogP contribution in [0.3, 0.4) is 0 Å². The molecule has 0 bridgehead atoms. The van der Waals surface area contributed by atoms with Crippen molar-refractivity contribution in [2.24, 2.45) is 5.84 Å². The topological polar surface area (TPSA) is 47.3 Å². The summed E-state index contributed by atoms with van der Waals surface area (Å²) in [5.74, 6) is 6.53. The highest BCUT2D eigenvalue weighted by molar-refractivity contribution is 5.27. The van der Waals surface area contributed by atoms with Crippen molar-refractivity contribution in [2.45, 2.75) is 18.9 Å². The molecule has 19 heavy (non-hydrogen) atoms. The number of ether oxygens (including phenoxy) is 1. The normalized spacial score (nSPS) is 12.1. The van der Waals surface area contributed by atoms with Crippen molar-refractivity contribution in [2.75, 3.05) is 7.11 Å². The van der Waals surface area contributed by atoms with E-state index in [1.54, 1.807) is 7.11 Å². The molecule has 0 spiro atoms. The Morgan fingerprint density at radius 1 is 1.05 bits per heavy atom. The van der Waals surface area contributed by atoms with E-state index in [-0.39, 0.29) is 6.04 Å². The molecule has 0 radical (unpaired) electrons. The van der Waals surface area contributed by atoms with Crippen molar-refractivity contribution in [3.05, 3.63) is 65.7 Å². The van der Waals surface area contributed by atoms with Crippen molar-refractivity contribution in [3.63, 3.8) is 0 Å². The molecule has 2 aromatic carbocycles. The van der Waals surface area contributed by atoms with E-state index in [0.717, 1.165) is 18.6 Å². The summed E-state index contributed by atoms with van der Waals surface area (Å²) in [6.07, 6.45) is 1.95. The zero-order valence-electron chi connectivity index (χ0n) is 11.2. The molecular weight excluding hydrogens is 236 g/mol. The van der Waals surface area contributed by atoms with Gasteiger partial charge in [0.25, 0.3) is 0 Å². The summed E-state index contributed by atoms with van der Waals surface area (Å²) in [5, 5.41) is 0. The zero-order valence-corrected chi connectivity index (χ0v) is 11.2. The molecular formula is C16H20N2O. The third kappa shape index (κ3) is 3.81. The molecule has 0 saturated heterocycles. The summed E-state index contributed by atoms with van der Waals surface area (Å²) >= 11 is 0. The second-order valence-corrected chi connectivity index (χ2v) is 4.52. The standard InChI is InChI=1S/C16H20N2O/c1-19-15-10-7-13(8-11-15)9-12-16(18-17)14-5-3-2-4-6-14/h2-8,10-11,16,18H,9,12,17H2,1H3. The minimum atomic E-state index is 0.184. The summed E-state index contributed by atoms with van der Waals surface area (Å²) in [4.78, 5) is 0. The molecule has 0 heterocycles. The van der Waals surface area contributed by atoms with Crippen LogP contribution < -0.4 is 16.0 Å². The first-order chi connectivity index (χ1) is 9.33. The van der Waals surface area contributed by atoms with Gasteiger partial charge in [-0.3, -0.25) is 11.3 Å². The average Bonchev–Trinajstić information content (AvgIpc) is 2.49. The number of rotatable bonds is 6. The Kier molecular flexibility index (Phi) is 4.95. The number of methoxy groups -OCH3 is 1.